The van der Waals surface area contributed by atoms with Crippen LogP contribution >= 0.6 is 0 Å². The highest BCUT2D eigenvalue weighted by Gasteiger charge is 2.23. The lowest BCUT2D eigenvalue weighted by Crippen LogP contribution is -2.43. The van der Waals surface area contributed by atoms with Gasteiger partial charge in [-0.25, -0.2) is 0 Å². The molecule has 0 bridgehead atoms. The third kappa shape index (κ3) is 3.80. The van der Waals surface area contributed by atoms with Gasteiger partial charge in [-0.05, 0) is 33.9 Å². The zero-order valence-electron chi connectivity index (χ0n) is 10.0. The Morgan fingerprint density at radius 3 is 2.87 bits per heavy atom. The normalized spacial score (nSPS) is 23.9. The quantitative estimate of drug-likeness (QED) is 0.689. The molecule has 0 aromatic carbocycles. The van der Waals surface area contributed by atoms with E-state index < -0.39 is 0 Å². The van der Waals surface area contributed by atoms with Crippen molar-refractivity contribution in [3.63, 3.8) is 0 Å². The van der Waals surface area contributed by atoms with Gasteiger partial charge in [-0.1, -0.05) is 0 Å². The van der Waals surface area contributed by atoms with E-state index in [4.69, 9.17) is 4.74 Å². The van der Waals surface area contributed by atoms with E-state index in [0.29, 0.717) is 12.6 Å². The Kier molecular flexibility index (Phi) is 5.05. The number of amides is 1. The van der Waals surface area contributed by atoms with Crippen molar-refractivity contribution in [1.82, 2.24) is 9.80 Å². The van der Waals surface area contributed by atoms with Gasteiger partial charge in [0.25, 0.3) is 0 Å². The Morgan fingerprint density at radius 1 is 1.47 bits per heavy atom. The van der Waals surface area contributed by atoms with Crippen LogP contribution in [-0.2, 0) is 9.53 Å². The molecule has 0 spiro atoms. The molecule has 1 aliphatic rings. The molecule has 1 heterocycles. The van der Waals surface area contributed by atoms with Crippen LogP contribution in [0.25, 0.3) is 0 Å². The third-order valence-electron chi connectivity index (χ3n) is 2.80. The van der Waals surface area contributed by atoms with Gasteiger partial charge in [0.15, 0.2) is 0 Å². The fourth-order valence-electron chi connectivity index (χ4n) is 2.02. The highest BCUT2D eigenvalue weighted by Crippen LogP contribution is 2.08. The SMILES string of the molecule is CCOCC(=O)N1CCCN(C)CC1C. The first-order valence-corrected chi connectivity index (χ1v) is 5.71. The Balaban J connectivity index is 2.47. The van der Waals surface area contributed by atoms with Crippen LogP contribution in [-0.4, -0.2) is 61.6 Å². The van der Waals surface area contributed by atoms with Gasteiger partial charge in [0.05, 0.1) is 0 Å². The number of hydrogen-bond acceptors (Lipinski definition) is 3. The van der Waals surface area contributed by atoms with Gasteiger partial charge in [0, 0.05) is 25.7 Å². The summed E-state index contributed by atoms with van der Waals surface area (Å²) in [7, 11) is 2.10. The van der Waals surface area contributed by atoms with E-state index in [0.717, 1.165) is 26.1 Å². The predicted molar refractivity (Wildman–Crippen MR) is 59.8 cm³/mol. The maximum atomic E-state index is 11.8. The minimum atomic E-state index is 0.125. The first-order valence-electron chi connectivity index (χ1n) is 5.71. The van der Waals surface area contributed by atoms with Crippen LogP contribution in [0.4, 0.5) is 0 Å². The summed E-state index contributed by atoms with van der Waals surface area (Å²) >= 11 is 0. The molecular formula is C11H22N2O2. The number of nitrogens with zero attached hydrogens (tertiary/aromatic N) is 2. The highest BCUT2D eigenvalue weighted by molar-refractivity contribution is 5.77. The number of carbonyl (C=O) groups excluding carboxylic acids is 1. The maximum absolute atomic E-state index is 11.8. The first-order chi connectivity index (χ1) is 7.15. The summed E-state index contributed by atoms with van der Waals surface area (Å²) in [4.78, 5) is 16.0. The van der Waals surface area contributed by atoms with E-state index in [1.54, 1.807) is 0 Å². The summed E-state index contributed by atoms with van der Waals surface area (Å²) in [5.74, 6) is 0.125. The molecule has 1 aliphatic heterocycles. The lowest BCUT2D eigenvalue weighted by Gasteiger charge is -2.27. The zero-order valence-corrected chi connectivity index (χ0v) is 10.0. The number of likely N-dealkylation sites (N-methyl/N-ethyl adjacent to an activating group) is 1. The van der Waals surface area contributed by atoms with E-state index in [-0.39, 0.29) is 12.5 Å². The maximum Gasteiger partial charge on any atom is 0.248 e. The van der Waals surface area contributed by atoms with Crippen LogP contribution in [0.15, 0.2) is 0 Å². The van der Waals surface area contributed by atoms with Crippen LogP contribution in [0.1, 0.15) is 20.3 Å². The molecule has 15 heavy (non-hydrogen) atoms. The smallest absolute Gasteiger partial charge is 0.248 e. The van der Waals surface area contributed by atoms with Crippen LogP contribution < -0.4 is 0 Å². The Labute approximate surface area is 92.2 Å². The van der Waals surface area contributed by atoms with Gasteiger partial charge >= 0.3 is 0 Å². The Bertz CT molecular complexity index is 209. The van der Waals surface area contributed by atoms with Crippen molar-refractivity contribution in [3.05, 3.63) is 0 Å². The van der Waals surface area contributed by atoms with Crippen LogP contribution in [0, 0.1) is 0 Å². The standard InChI is InChI=1S/C11H22N2O2/c1-4-15-9-11(14)13-7-5-6-12(3)8-10(13)2/h10H,4-9H2,1-3H3. The zero-order chi connectivity index (χ0) is 11.3. The van der Waals surface area contributed by atoms with E-state index in [1.807, 2.05) is 11.8 Å². The van der Waals surface area contributed by atoms with Crippen LogP contribution in [0.5, 0.6) is 0 Å². The van der Waals surface area contributed by atoms with Crippen molar-refractivity contribution in [1.29, 1.82) is 0 Å². The van der Waals surface area contributed by atoms with Crippen molar-refractivity contribution < 1.29 is 9.53 Å². The molecule has 0 aliphatic carbocycles. The summed E-state index contributed by atoms with van der Waals surface area (Å²) in [5, 5.41) is 0. The molecule has 0 radical (unpaired) electrons. The minimum absolute atomic E-state index is 0.125. The monoisotopic (exact) mass is 214 g/mol. The van der Waals surface area contributed by atoms with E-state index in [2.05, 4.69) is 18.9 Å². The van der Waals surface area contributed by atoms with Gasteiger partial charge in [-0.2, -0.15) is 0 Å². The Morgan fingerprint density at radius 2 is 2.20 bits per heavy atom. The number of ether oxygens (including phenoxy) is 1. The second-order valence-corrected chi connectivity index (χ2v) is 4.19. The van der Waals surface area contributed by atoms with Crippen LogP contribution in [0.3, 0.4) is 0 Å². The number of hydrogen-bond donors (Lipinski definition) is 0. The molecule has 1 saturated heterocycles. The van der Waals surface area contributed by atoms with Crippen molar-refractivity contribution in [2.75, 3.05) is 39.9 Å². The lowest BCUT2D eigenvalue weighted by molar-refractivity contribution is -0.137. The van der Waals surface area contributed by atoms with Crippen molar-refractivity contribution in [2.24, 2.45) is 0 Å². The summed E-state index contributed by atoms with van der Waals surface area (Å²) in [6, 6.07) is 0.297. The molecule has 1 unspecified atom stereocenters. The van der Waals surface area contributed by atoms with Crippen molar-refractivity contribution >= 4 is 5.91 Å². The van der Waals surface area contributed by atoms with Gasteiger partial charge < -0.3 is 14.5 Å². The largest absolute Gasteiger partial charge is 0.372 e. The van der Waals surface area contributed by atoms with Gasteiger partial charge in [0.2, 0.25) is 5.91 Å². The lowest BCUT2D eigenvalue weighted by atomic mass is 10.2. The Hall–Kier alpha value is -0.610. The topological polar surface area (TPSA) is 32.8 Å². The van der Waals surface area contributed by atoms with Gasteiger partial charge in [0.1, 0.15) is 6.61 Å². The minimum Gasteiger partial charge on any atom is -0.372 e. The van der Waals surface area contributed by atoms with E-state index in [9.17, 15) is 4.79 Å². The molecule has 88 valence electrons. The summed E-state index contributed by atoms with van der Waals surface area (Å²) in [6.07, 6.45) is 1.05. The summed E-state index contributed by atoms with van der Waals surface area (Å²) in [6.45, 7) is 7.73. The predicted octanol–water partition coefficient (Wildman–Crippen LogP) is 0.576. The molecule has 1 atom stereocenters. The average Bonchev–Trinajstić information content (AvgIpc) is 2.35. The molecule has 0 aromatic rings. The molecule has 4 nitrogen and oxygen atoms in total. The van der Waals surface area contributed by atoms with Crippen molar-refractivity contribution in [3.8, 4) is 0 Å². The highest BCUT2D eigenvalue weighted by atomic mass is 16.5. The second kappa shape index (κ2) is 6.08. The summed E-state index contributed by atoms with van der Waals surface area (Å²) < 4.78 is 5.16. The molecule has 1 rings (SSSR count). The molecule has 1 fully saturated rings. The molecule has 0 aromatic heterocycles. The van der Waals surface area contributed by atoms with E-state index >= 15 is 0 Å². The third-order valence-corrected chi connectivity index (χ3v) is 2.80. The molecule has 0 saturated carbocycles. The second-order valence-electron chi connectivity index (χ2n) is 4.19. The fourth-order valence-corrected chi connectivity index (χ4v) is 2.02. The van der Waals surface area contributed by atoms with E-state index in [1.165, 1.54) is 0 Å². The van der Waals surface area contributed by atoms with Gasteiger partial charge in [-0.15, -0.1) is 0 Å². The molecule has 1 amide bonds. The number of rotatable bonds is 3. The fraction of sp³-hybridized carbons (Fsp3) is 0.909. The first kappa shape index (κ1) is 12.5. The van der Waals surface area contributed by atoms with Crippen LogP contribution in [0.2, 0.25) is 0 Å². The molecule has 4 heteroatoms. The summed E-state index contributed by atoms with van der Waals surface area (Å²) in [5.41, 5.74) is 0. The average molecular weight is 214 g/mol. The number of carbonyl (C=O) groups is 1. The molecule has 0 N–H and O–H groups in total. The molecular weight excluding hydrogens is 192 g/mol. The van der Waals surface area contributed by atoms with Crippen molar-refractivity contribution in [2.45, 2.75) is 26.3 Å². The van der Waals surface area contributed by atoms with Gasteiger partial charge in [-0.3, -0.25) is 4.79 Å².